The van der Waals surface area contributed by atoms with Gasteiger partial charge in [0.2, 0.25) is 0 Å². The van der Waals surface area contributed by atoms with Crippen LogP contribution in [0.1, 0.15) is 25.0 Å². The second kappa shape index (κ2) is 5.62. The molecule has 3 nitrogen and oxygen atoms in total. The summed E-state index contributed by atoms with van der Waals surface area (Å²) in [7, 11) is 0. The molecule has 1 aliphatic heterocycles. The molecule has 25 heavy (non-hydrogen) atoms. The Morgan fingerprint density at radius 1 is 1.04 bits per heavy atom. The lowest BCUT2D eigenvalue weighted by Gasteiger charge is -2.23. The third-order valence-corrected chi connectivity index (χ3v) is 4.15. The van der Waals surface area contributed by atoms with Crippen molar-refractivity contribution < 1.29 is 13.5 Å². The van der Waals surface area contributed by atoms with E-state index in [1.807, 2.05) is 19.9 Å². The SMILES string of the molecule is CC1(C)CN=C(c2cnc3c(F)cccc3c2)c2cccc(F)c2O1. The first-order valence-electron chi connectivity index (χ1n) is 8.02. The van der Waals surface area contributed by atoms with Gasteiger partial charge in [-0.25, -0.2) is 8.78 Å². The largest absolute Gasteiger partial charge is 0.482 e. The second-order valence-corrected chi connectivity index (χ2v) is 6.68. The van der Waals surface area contributed by atoms with Gasteiger partial charge in [0, 0.05) is 22.7 Å². The van der Waals surface area contributed by atoms with Crippen LogP contribution in [0.15, 0.2) is 53.7 Å². The van der Waals surface area contributed by atoms with Crippen LogP contribution in [0.4, 0.5) is 8.78 Å². The van der Waals surface area contributed by atoms with E-state index in [0.29, 0.717) is 34.3 Å². The average molecular weight is 338 g/mol. The van der Waals surface area contributed by atoms with E-state index in [1.54, 1.807) is 30.5 Å². The number of hydrogen-bond acceptors (Lipinski definition) is 3. The Kier molecular flexibility index (Phi) is 3.53. The molecular weight excluding hydrogens is 322 g/mol. The van der Waals surface area contributed by atoms with E-state index >= 15 is 0 Å². The van der Waals surface area contributed by atoms with E-state index < -0.39 is 11.4 Å². The van der Waals surface area contributed by atoms with Gasteiger partial charge in [-0.3, -0.25) is 9.98 Å². The zero-order valence-corrected chi connectivity index (χ0v) is 13.9. The Morgan fingerprint density at radius 2 is 1.80 bits per heavy atom. The number of benzene rings is 2. The van der Waals surface area contributed by atoms with Crippen LogP contribution in [0.25, 0.3) is 10.9 Å². The van der Waals surface area contributed by atoms with Crippen molar-refractivity contribution in [3.63, 3.8) is 0 Å². The zero-order chi connectivity index (χ0) is 17.6. The first-order valence-corrected chi connectivity index (χ1v) is 8.02. The summed E-state index contributed by atoms with van der Waals surface area (Å²) in [6, 6.07) is 11.4. The monoisotopic (exact) mass is 338 g/mol. The summed E-state index contributed by atoms with van der Waals surface area (Å²) < 4.78 is 34.1. The molecule has 1 aliphatic rings. The van der Waals surface area contributed by atoms with Crippen LogP contribution >= 0.6 is 0 Å². The van der Waals surface area contributed by atoms with Crippen molar-refractivity contribution in [1.29, 1.82) is 0 Å². The summed E-state index contributed by atoms with van der Waals surface area (Å²) in [5.74, 6) is -0.620. The Hall–Kier alpha value is -2.82. The summed E-state index contributed by atoms with van der Waals surface area (Å²) in [5, 5.41) is 0.669. The molecule has 1 aromatic heterocycles. The van der Waals surface area contributed by atoms with Crippen molar-refractivity contribution in [1.82, 2.24) is 4.98 Å². The molecule has 126 valence electrons. The molecule has 4 rings (SSSR count). The van der Waals surface area contributed by atoms with E-state index in [-0.39, 0.29) is 11.6 Å². The Labute approximate surface area is 144 Å². The Bertz CT molecular complexity index is 1010. The number of rotatable bonds is 1. The number of halogens is 2. The molecule has 2 aromatic carbocycles. The highest BCUT2D eigenvalue weighted by Crippen LogP contribution is 2.32. The number of para-hydroxylation sites is 2. The number of fused-ring (bicyclic) bond motifs is 2. The van der Waals surface area contributed by atoms with E-state index in [9.17, 15) is 8.78 Å². The molecule has 0 spiro atoms. The van der Waals surface area contributed by atoms with Gasteiger partial charge in [-0.05, 0) is 38.1 Å². The minimum atomic E-state index is -0.630. The minimum absolute atomic E-state index is 0.183. The normalized spacial score (nSPS) is 15.9. The van der Waals surface area contributed by atoms with E-state index in [1.165, 1.54) is 12.1 Å². The number of nitrogens with zero attached hydrogens (tertiary/aromatic N) is 2. The molecule has 0 fully saturated rings. The topological polar surface area (TPSA) is 34.5 Å². The lowest BCUT2D eigenvalue weighted by Crippen LogP contribution is -2.31. The third-order valence-electron chi connectivity index (χ3n) is 4.15. The summed E-state index contributed by atoms with van der Waals surface area (Å²) in [6.45, 7) is 4.10. The van der Waals surface area contributed by atoms with Crippen molar-refractivity contribution >= 4 is 16.6 Å². The molecule has 0 bridgehead atoms. The molecule has 0 saturated carbocycles. The quantitative estimate of drug-likeness (QED) is 0.654. The van der Waals surface area contributed by atoms with Gasteiger partial charge >= 0.3 is 0 Å². The fourth-order valence-electron chi connectivity index (χ4n) is 2.96. The zero-order valence-electron chi connectivity index (χ0n) is 13.9. The Balaban J connectivity index is 1.93. The van der Waals surface area contributed by atoms with Gasteiger partial charge in [0.1, 0.15) is 16.9 Å². The van der Waals surface area contributed by atoms with E-state index in [4.69, 9.17) is 4.74 Å². The van der Waals surface area contributed by atoms with Crippen molar-refractivity contribution in [2.45, 2.75) is 19.4 Å². The molecule has 0 atom stereocenters. The average Bonchev–Trinajstić information content (AvgIpc) is 2.71. The highest BCUT2D eigenvalue weighted by atomic mass is 19.1. The summed E-state index contributed by atoms with van der Waals surface area (Å²) >= 11 is 0. The standard InChI is InChI=1S/C20H16F2N2O/c1-20(2)11-24-17(14-6-4-8-16(22)19(14)25-20)13-9-12-5-3-7-15(21)18(12)23-10-13/h3-10H,11H2,1-2H3. The maximum atomic E-state index is 14.3. The highest BCUT2D eigenvalue weighted by Gasteiger charge is 2.29. The number of aromatic nitrogens is 1. The molecular formula is C20H16F2N2O. The van der Waals surface area contributed by atoms with Crippen molar-refractivity contribution in [2.24, 2.45) is 4.99 Å². The van der Waals surface area contributed by atoms with Gasteiger partial charge in [-0.2, -0.15) is 0 Å². The summed E-state index contributed by atoms with van der Waals surface area (Å²) in [5.41, 5.74) is 1.54. The van der Waals surface area contributed by atoms with Crippen LogP contribution in [-0.2, 0) is 0 Å². The molecule has 5 heteroatoms. The first-order chi connectivity index (χ1) is 11.9. The van der Waals surface area contributed by atoms with Crippen molar-refractivity contribution in [3.05, 3.63) is 71.4 Å². The predicted molar refractivity (Wildman–Crippen MR) is 93.3 cm³/mol. The van der Waals surface area contributed by atoms with Crippen LogP contribution in [0, 0.1) is 11.6 Å². The Morgan fingerprint density at radius 3 is 2.64 bits per heavy atom. The molecule has 0 saturated heterocycles. The number of pyridine rings is 1. The van der Waals surface area contributed by atoms with Crippen LogP contribution in [0.5, 0.6) is 5.75 Å². The van der Waals surface area contributed by atoms with Crippen LogP contribution in [-0.4, -0.2) is 22.8 Å². The van der Waals surface area contributed by atoms with E-state index in [2.05, 4.69) is 9.98 Å². The van der Waals surface area contributed by atoms with Gasteiger partial charge in [0.05, 0.1) is 12.3 Å². The molecule has 0 radical (unpaired) electrons. The maximum Gasteiger partial charge on any atom is 0.165 e. The van der Waals surface area contributed by atoms with E-state index in [0.717, 1.165) is 0 Å². The second-order valence-electron chi connectivity index (χ2n) is 6.68. The van der Waals surface area contributed by atoms with Crippen LogP contribution < -0.4 is 4.74 Å². The number of aliphatic imine (C=N–C) groups is 1. The highest BCUT2D eigenvalue weighted by molar-refractivity contribution is 6.15. The van der Waals surface area contributed by atoms with Gasteiger partial charge in [0.15, 0.2) is 11.6 Å². The van der Waals surface area contributed by atoms with Crippen LogP contribution in [0.3, 0.4) is 0 Å². The summed E-state index contributed by atoms with van der Waals surface area (Å²) in [4.78, 5) is 8.88. The molecule has 3 aromatic rings. The maximum absolute atomic E-state index is 14.3. The summed E-state index contributed by atoms with van der Waals surface area (Å²) in [6.07, 6.45) is 1.57. The fraction of sp³-hybridized carbons (Fsp3) is 0.200. The molecule has 0 N–H and O–H groups in total. The van der Waals surface area contributed by atoms with Crippen molar-refractivity contribution in [2.75, 3.05) is 6.54 Å². The smallest absolute Gasteiger partial charge is 0.165 e. The van der Waals surface area contributed by atoms with Gasteiger partial charge in [-0.1, -0.05) is 18.2 Å². The molecule has 0 aliphatic carbocycles. The lowest BCUT2D eigenvalue weighted by atomic mass is 10.0. The molecule has 2 heterocycles. The number of ether oxygens (including phenoxy) is 1. The fourth-order valence-corrected chi connectivity index (χ4v) is 2.96. The van der Waals surface area contributed by atoms with Gasteiger partial charge < -0.3 is 4.74 Å². The third kappa shape index (κ3) is 2.76. The lowest BCUT2D eigenvalue weighted by molar-refractivity contribution is 0.115. The number of hydrogen-bond donors (Lipinski definition) is 0. The van der Waals surface area contributed by atoms with Crippen molar-refractivity contribution in [3.8, 4) is 5.75 Å². The van der Waals surface area contributed by atoms with Gasteiger partial charge in [-0.15, -0.1) is 0 Å². The molecule has 0 amide bonds. The molecule has 0 unspecified atom stereocenters. The predicted octanol–water partition coefficient (Wildman–Crippen LogP) is 4.52. The first kappa shape index (κ1) is 15.7. The van der Waals surface area contributed by atoms with Crippen LogP contribution in [0.2, 0.25) is 0 Å². The minimum Gasteiger partial charge on any atom is -0.482 e. The van der Waals surface area contributed by atoms with Gasteiger partial charge in [0.25, 0.3) is 0 Å².